The lowest BCUT2D eigenvalue weighted by Crippen LogP contribution is -2.33. The molecule has 0 amide bonds. The van der Waals surface area contributed by atoms with Gasteiger partial charge in [0.15, 0.2) is 11.6 Å². The molecule has 0 spiro atoms. The fourth-order valence-corrected chi connectivity index (χ4v) is 2.33. The Morgan fingerprint density at radius 1 is 1.21 bits per heavy atom. The first-order valence-electron chi connectivity index (χ1n) is 7.94. The van der Waals surface area contributed by atoms with E-state index in [1.165, 1.54) is 13.2 Å². The van der Waals surface area contributed by atoms with E-state index < -0.39 is 6.10 Å². The molecule has 130 valence electrons. The zero-order valence-corrected chi connectivity index (χ0v) is 14.3. The van der Waals surface area contributed by atoms with Crippen molar-refractivity contribution in [1.82, 2.24) is 5.32 Å². The van der Waals surface area contributed by atoms with Crippen LogP contribution in [-0.2, 0) is 0 Å². The van der Waals surface area contributed by atoms with Crippen LogP contribution < -0.4 is 14.8 Å². The number of aliphatic hydroxyl groups excluding tert-OH is 1. The summed E-state index contributed by atoms with van der Waals surface area (Å²) in [4.78, 5) is 0. The molecule has 24 heavy (non-hydrogen) atoms. The highest BCUT2D eigenvalue weighted by Crippen LogP contribution is 2.22. The third-order valence-electron chi connectivity index (χ3n) is 3.77. The predicted octanol–water partition coefficient (Wildman–Crippen LogP) is 3.23. The Balaban J connectivity index is 1.81. The van der Waals surface area contributed by atoms with Gasteiger partial charge in [0.2, 0.25) is 0 Å². The third-order valence-corrected chi connectivity index (χ3v) is 3.77. The minimum atomic E-state index is -0.643. The average Bonchev–Trinajstić information content (AvgIpc) is 2.58. The predicted molar refractivity (Wildman–Crippen MR) is 92.1 cm³/mol. The first-order chi connectivity index (χ1) is 11.5. The summed E-state index contributed by atoms with van der Waals surface area (Å²) in [6.45, 7) is 4.51. The highest BCUT2D eigenvalue weighted by molar-refractivity contribution is 5.32. The first kappa shape index (κ1) is 18.2. The van der Waals surface area contributed by atoms with Gasteiger partial charge in [-0.1, -0.05) is 18.2 Å². The highest BCUT2D eigenvalue weighted by atomic mass is 19.1. The molecule has 0 radical (unpaired) electrons. The SMILES string of the molecule is COc1cc(C(C)NCC(O)COc2cccc(C)c2)ccc1F. The first-order valence-corrected chi connectivity index (χ1v) is 7.94. The molecule has 2 aromatic rings. The molecular formula is C19H24FNO3. The second kappa shape index (κ2) is 8.66. The molecular weight excluding hydrogens is 309 g/mol. The quantitative estimate of drug-likeness (QED) is 0.779. The van der Waals surface area contributed by atoms with Crippen molar-refractivity contribution in [2.75, 3.05) is 20.3 Å². The van der Waals surface area contributed by atoms with E-state index in [2.05, 4.69) is 5.32 Å². The van der Waals surface area contributed by atoms with Gasteiger partial charge in [0.05, 0.1) is 7.11 Å². The summed E-state index contributed by atoms with van der Waals surface area (Å²) >= 11 is 0. The zero-order valence-electron chi connectivity index (χ0n) is 14.3. The van der Waals surface area contributed by atoms with Crippen molar-refractivity contribution in [2.24, 2.45) is 0 Å². The molecule has 0 fully saturated rings. The van der Waals surface area contributed by atoms with E-state index in [0.717, 1.165) is 16.9 Å². The van der Waals surface area contributed by atoms with Crippen LogP contribution in [-0.4, -0.2) is 31.5 Å². The summed E-state index contributed by atoms with van der Waals surface area (Å²) in [5.41, 5.74) is 2.00. The van der Waals surface area contributed by atoms with Gasteiger partial charge in [-0.3, -0.25) is 0 Å². The summed E-state index contributed by atoms with van der Waals surface area (Å²) < 4.78 is 24.0. The van der Waals surface area contributed by atoms with Crippen molar-refractivity contribution in [2.45, 2.75) is 26.0 Å². The molecule has 4 nitrogen and oxygen atoms in total. The Morgan fingerprint density at radius 3 is 2.71 bits per heavy atom. The van der Waals surface area contributed by atoms with Crippen LogP contribution in [0.4, 0.5) is 4.39 Å². The van der Waals surface area contributed by atoms with Crippen LogP contribution >= 0.6 is 0 Å². The second-order valence-corrected chi connectivity index (χ2v) is 5.81. The highest BCUT2D eigenvalue weighted by Gasteiger charge is 2.12. The van der Waals surface area contributed by atoms with Gasteiger partial charge < -0.3 is 19.9 Å². The molecule has 0 heterocycles. The lowest BCUT2D eigenvalue weighted by atomic mass is 10.1. The Labute approximate surface area is 142 Å². The maximum absolute atomic E-state index is 13.4. The van der Waals surface area contributed by atoms with Crippen LogP contribution in [0.2, 0.25) is 0 Å². The maximum Gasteiger partial charge on any atom is 0.165 e. The fraction of sp³-hybridized carbons (Fsp3) is 0.368. The van der Waals surface area contributed by atoms with Gasteiger partial charge >= 0.3 is 0 Å². The number of rotatable bonds is 8. The molecule has 0 aliphatic heterocycles. The Morgan fingerprint density at radius 2 is 2.00 bits per heavy atom. The van der Waals surface area contributed by atoms with Crippen molar-refractivity contribution in [3.8, 4) is 11.5 Å². The van der Waals surface area contributed by atoms with Crippen molar-refractivity contribution in [3.05, 3.63) is 59.4 Å². The number of methoxy groups -OCH3 is 1. The molecule has 5 heteroatoms. The monoisotopic (exact) mass is 333 g/mol. The van der Waals surface area contributed by atoms with E-state index in [4.69, 9.17) is 9.47 Å². The number of hydrogen-bond acceptors (Lipinski definition) is 4. The molecule has 0 saturated heterocycles. The van der Waals surface area contributed by atoms with Crippen molar-refractivity contribution in [3.63, 3.8) is 0 Å². The molecule has 0 aliphatic rings. The van der Waals surface area contributed by atoms with Crippen LogP contribution in [0.15, 0.2) is 42.5 Å². The molecule has 0 aromatic heterocycles. The summed E-state index contributed by atoms with van der Waals surface area (Å²) in [6.07, 6.45) is -0.643. The topological polar surface area (TPSA) is 50.7 Å². The lowest BCUT2D eigenvalue weighted by molar-refractivity contribution is 0.104. The molecule has 2 unspecified atom stereocenters. The van der Waals surface area contributed by atoms with Gasteiger partial charge in [0.25, 0.3) is 0 Å². The molecule has 2 atom stereocenters. The minimum Gasteiger partial charge on any atom is -0.494 e. The molecule has 2 rings (SSSR count). The molecule has 0 saturated carbocycles. The summed E-state index contributed by atoms with van der Waals surface area (Å²) in [5.74, 6) is 0.565. The van der Waals surface area contributed by atoms with Crippen molar-refractivity contribution < 1.29 is 19.0 Å². The summed E-state index contributed by atoms with van der Waals surface area (Å²) in [7, 11) is 1.44. The number of halogens is 1. The molecule has 0 aliphatic carbocycles. The van der Waals surface area contributed by atoms with Gasteiger partial charge in [-0.05, 0) is 49.2 Å². The number of benzene rings is 2. The van der Waals surface area contributed by atoms with E-state index in [-0.39, 0.29) is 24.2 Å². The third kappa shape index (κ3) is 5.22. The van der Waals surface area contributed by atoms with Gasteiger partial charge in [-0.2, -0.15) is 0 Å². The van der Waals surface area contributed by atoms with Crippen LogP contribution in [0.5, 0.6) is 11.5 Å². The van der Waals surface area contributed by atoms with E-state index in [9.17, 15) is 9.50 Å². The van der Waals surface area contributed by atoms with Crippen LogP contribution in [0.25, 0.3) is 0 Å². The van der Waals surface area contributed by atoms with Crippen molar-refractivity contribution >= 4 is 0 Å². The normalized spacial score (nSPS) is 13.4. The van der Waals surface area contributed by atoms with Gasteiger partial charge in [-0.25, -0.2) is 4.39 Å². The standard InChI is InChI=1S/C19H24FNO3/c1-13-5-4-6-17(9-13)24-12-16(22)11-21-14(2)15-7-8-18(20)19(10-15)23-3/h4-10,14,16,21-22H,11-12H2,1-3H3. The molecule has 2 N–H and O–H groups in total. The largest absolute Gasteiger partial charge is 0.494 e. The smallest absolute Gasteiger partial charge is 0.165 e. The Kier molecular flexibility index (Phi) is 6.58. The van der Waals surface area contributed by atoms with Crippen molar-refractivity contribution in [1.29, 1.82) is 0 Å². The zero-order chi connectivity index (χ0) is 17.5. The van der Waals surface area contributed by atoms with E-state index in [0.29, 0.717) is 6.54 Å². The van der Waals surface area contributed by atoms with Crippen LogP contribution in [0.3, 0.4) is 0 Å². The van der Waals surface area contributed by atoms with E-state index in [1.54, 1.807) is 12.1 Å². The number of ether oxygens (including phenoxy) is 2. The summed E-state index contributed by atoms with van der Waals surface area (Å²) in [6, 6.07) is 12.4. The summed E-state index contributed by atoms with van der Waals surface area (Å²) in [5, 5.41) is 13.3. The van der Waals surface area contributed by atoms with Gasteiger partial charge in [0, 0.05) is 12.6 Å². The van der Waals surface area contributed by atoms with Crippen LogP contribution in [0.1, 0.15) is 24.1 Å². The average molecular weight is 333 g/mol. The maximum atomic E-state index is 13.4. The van der Waals surface area contributed by atoms with Gasteiger partial charge in [0.1, 0.15) is 18.5 Å². The lowest BCUT2D eigenvalue weighted by Gasteiger charge is -2.18. The number of aryl methyl sites for hydroxylation is 1. The Hall–Kier alpha value is -2.11. The minimum absolute atomic E-state index is 0.0480. The second-order valence-electron chi connectivity index (χ2n) is 5.81. The Bertz CT molecular complexity index is 663. The van der Waals surface area contributed by atoms with Gasteiger partial charge in [-0.15, -0.1) is 0 Å². The number of aliphatic hydroxyl groups is 1. The number of nitrogens with one attached hydrogen (secondary N) is 1. The van der Waals surface area contributed by atoms with E-state index >= 15 is 0 Å². The van der Waals surface area contributed by atoms with Crippen LogP contribution in [0, 0.1) is 12.7 Å². The number of hydrogen-bond donors (Lipinski definition) is 2. The molecule has 2 aromatic carbocycles. The van der Waals surface area contributed by atoms with E-state index in [1.807, 2.05) is 38.1 Å². The molecule has 0 bridgehead atoms. The fourth-order valence-electron chi connectivity index (χ4n) is 2.33.